The summed E-state index contributed by atoms with van der Waals surface area (Å²) in [5, 5.41) is 2.98. The van der Waals surface area contributed by atoms with Gasteiger partial charge in [0.2, 0.25) is 0 Å². The second kappa shape index (κ2) is 12.1. The summed E-state index contributed by atoms with van der Waals surface area (Å²) in [5.41, 5.74) is 10.7. The van der Waals surface area contributed by atoms with Crippen LogP contribution in [0.1, 0.15) is 32.6 Å². The predicted molar refractivity (Wildman–Crippen MR) is 171 cm³/mol. The summed E-state index contributed by atoms with van der Waals surface area (Å²) >= 11 is 0. The molecule has 0 bridgehead atoms. The molecule has 2 heteroatoms. The number of carbonyl (C=O) groups excluding carboxylic acids is 1. The molecule has 0 unspecified atom stereocenters. The monoisotopic (exact) mass is 527 g/mol. The highest BCUT2D eigenvalue weighted by atomic mass is 16.1. The Morgan fingerprint density at radius 3 is 1.05 bits per heavy atom. The Morgan fingerprint density at radius 1 is 0.341 bits per heavy atom. The molecule has 0 radical (unpaired) electrons. The van der Waals surface area contributed by atoms with Crippen LogP contribution < -0.4 is 5.32 Å². The van der Waals surface area contributed by atoms with Crippen LogP contribution in [-0.2, 0) is 0 Å². The summed E-state index contributed by atoms with van der Waals surface area (Å²) in [7, 11) is 0. The van der Waals surface area contributed by atoms with E-state index in [1.807, 2.05) is 54.6 Å². The molecule has 0 aliphatic heterocycles. The van der Waals surface area contributed by atoms with Gasteiger partial charge in [-0.2, -0.15) is 0 Å². The lowest BCUT2D eigenvalue weighted by Crippen LogP contribution is -2.11. The van der Waals surface area contributed by atoms with Crippen molar-refractivity contribution in [2.45, 2.75) is 0 Å². The van der Waals surface area contributed by atoms with Crippen LogP contribution in [0.4, 0.5) is 5.69 Å². The fraction of sp³-hybridized carbons (Fsp3) is 0. The minimum atomic E-state index is -0.115. The summed E-state index contributed by atoms with van der Waals surface area (Å²) in [6, 6.07) is 57.8. The number of benzene rings is 6. The molecule has 2 nitrogen and oxygen atoms in total. The Labute approximate surface area is 241 Å². The Bertz CT molecular complexity index is 1720. The maximum absolute atomic E-state index is 12.5. The average molecular weight is 528 g/mol. The molecule has 0 aliphatic rings. The lowest BCUT2D eigenvalue weighted by Gasteiger charge is -2.18. The highest BCUT2D eigenvalue weighted by molar-refractivity contribution is 6.05. The molecule has 1 N–H and O–H groups in total. The van der Waals surface area contributed by atoms with Crippen LogP contribution in [0, 0.1) is 0 Å². The first-order valence-corrected chi connectivity index (χ1v) is 13.7. The minimum absolute atomic E-state index is 0.115. The van der Waals surface area contributed by atoms with Crippen LogP contribution in [0.2, 0.25) is 0 Å². The van der Waals surface area contributed by atoms with Crippen LogP contribution in [-0.4, -0.2) is 5.91 Å². The number of carbonyl (C=O) groups is 1. The molecule has 0 aromatic heterocycles. The zero-order chi connectivity index (χ0) is 27.9. The van der Waals surface area contributed by atoms with Gasteiger partial charge in [-0.25, -0.2) is 0 Å². The van der Waals surface area contributed by atoms with Crippen molar-refractivity contribution in [3.8, 4) is 11.1 Å². The summed E-state index contributed by atoms with van der Waals surface area (Å²) in [6.07, 6.45) is 0. The Balaban J connectivity index is 1.36. The topological polar surface area (TPSA) is 29.1 Å². The van der Waals surface area contributed by atoms with Gasteiger partial charge in [0.25, 0.3) is 5.91 Å². The van der Waals surface area contributed by atoms with E-state index >= 15 is 0 Å². The van der Waals surface area contributed by atoms with Gasteiger partial charge < -0.3 is 5.32 Å². The first-order valence-electron chi connectivity index (χ1n) is 13.7. The van der Waals surface area contributed by atoms with E-state index in [2.05, 4.69) is 121 Å². The van der Waals surface area contributed by atoms with Gasteiger partial charge in [-0.1, -0.05) is 146 Å². The fourth-order valence-corrected chi connectivity index (χ4v) is 5.09. The van der Waals surface area contributed by atoms with E-state index in [0.29, 0.717) is 5.56 Å². The van der Waals surface area contributed by atoms with Gasteiger partial charge in [-0.05, 0) is 68.8 Å². The molecule has 0 aliphatic carbocycles. The van der Waals surface area contributed by atoms with E-state index in [9.17, 15) is 4.79 Å². The van der Waals surface area contributed by atoms with Gasteiger partial charge in [0, 0.05) is 11.3 Å². The number of anilines is 1. The lowest BCUT2D eigenvalue weighted by atomic mass is 9.85. The molecule has 0 heterocycles. The Morgan fingerprint density at radius 2 is 0.659 bits per heavy atom. The lowest BCUT2D eigenvalue weighted by molar-refractivity contribution is 0.102. The summed E-state index contributed by atoms with van der Waals surface area (Å²) < 4.78 is 0. The Hall–Kier alpha value is -5.47. The van der Waals surface area contributed by atoms with E-state index < -0.39 is 0 Å². The molecule has 0 saturated carbocycles. The third-order valence-electron chi connectivity index (χ3n) is 7.12. The first kappa shape index (κ1) is 25.8. The summed E-state index contributed by atoms with van der Waals surface area (Å²) in [6.45, 7) is 0. The molecule has 41 heavy (non-hydrogen) atoms. The highest BCUT2D eigenvalue weighted by Crippen LogP contribution is 2.37. The smallest absolute Gasteiger partial charge is 0.255 e. The van der Waals surface area contributed by atoms with Crippen molar-refractivity contribution in [1.29, 1.82) is 0 Å². The Kier molecular flexibility index (Phi) is 7.64. The molecule has 6 aromatic rings. The molecule has 6 aromatic carbocycles. The van der Waals surface area contributed by atoms with Gasteiger partial charge in [0.15, 0.2) is 0 Å². The van der Waals surface area contributed by atoms with E-state index in [0.717, 1.165) is 22.4 Å². The fourth-order valence-electron chi connectivity index (χ4n) is 5.09. The van der Waals surface area contributed by atoms with Crippen molar-refractivity contribution >= 4 is 22.7 Å². The molecule has 0 saturated heterocycles. The van der Waals surface area contributed by atoms with E-state index in [1.165, 1.54) is 27.8 Å². The normalized spacial score (nSPS) is 10.5. The van der Waals surface area contributed by atoms with Crippen molar-refractivity contribution in [1.82, 2.24) is 0 Å². The van der Waals surface area contributed by atoms with Gasteiger partial charge >= 0.3 is 0 Å². The molecule has 0 fully saturated rings. The third kappa shape index (κ3) is 5.93. The number of nitrogens with one attached hydrogen (secondary N) is 1. The van der Waals surface area contributed by atoms with Gasteiger partial charge in [-0.15, -0.1) is 0 Å². The van der Waals surface area contributed by atoms with Crippen molar-refractivity contribution < 1.29 is 4.79 Å². The number of rotatable bonds is 7. The standard InChI is InChI=1S/C39H29NO/c41-39(35-19-11-4-12-20-35)40-36-27-25-30(26-28-36)29-21-23-34(24-22-29)38(33-17-9-3-10-18-33)37(31-13-5-1-6-14-31)32-15-7-2-8-16-32/h1-28H,(H,40,41). The zero-order valence-electron chi connectivity index (χ0n) is 22.6. The molecular formula is C39H29NO. The van der Waals surface area contributed by atoms with Crippen molar-refractivity contribution in [2.75, 3.05) is 5.32 Å². The third-order valence-corrected chi connectivity index (χ3v) is 7.12. The predicted octanol–water partition coefficient (Wildman–Crippen LogP) is 9.61. The highest BCUT2D eigenvalue weighted by Gasteiger charge is 2.16. The van der Waals surface area contributed by atoms with Crippen LogP contribution in [0.25, 0.3) is 22.3 Å². The van der Waals surface area contributed by atoms with Crippen molar-refractivity contribution in [3.05, 3.63) is 198 Å². The van der Waals surface area contributed by atoms with Crippen molar-refractivity contribution in [2.24, 2.45) is 0 Å². The van der Waals surface area contributed by atoms with Crippen LogP contribution in [0.3, 0.4) is 0 Å². The second-order valence-corrected chi connectivity index (χ2v) is 9.82. The quantitative estimate of drug-likeness (QED) is 0.206. The van der Waals surface area contributed by atoms with Gasteiger partial charge in [-0.3, -0.25) is 4.79 Å². The number of hydrogen-bond acceptors (Lipinski definition) is 1. The molecular weight excluding hydrogens is 498 g/mol. The largest absolute Gasteiger partial charge is 0.322 e. The van der Waals surface area contributed by atoms with E-state index in [1.54, 1.807) is 0 Å². The van der Waals surface area contributed by atoms with Crippen LogP contribution in [0.15, 0.2) is 170 Å². The van der Waals surface area contributed by atoms with Gasteiger partial charge in [0.05, 0.1) is 0 Å². The van der Waals surface area contributed by atoms with E-state index in [4.69, 9.17) is 0 Å². The summed E-state index contributed by atoms with van der Waals surface area (Å²) in [4.78, 5) is 12.5. The second-order valence-electron chi connectivity index (χ2n) is 9.82. The zero-order valence-corrected chi connectivity index (χ0v) is 22.6. The molecule has 196 valence electrons. The molecule has 0 atom stereocenters. The summed E-state index contributed by atoms with van der Waals surface area (Å²) in [5.74, 6) is -0.115. The van der Waals surface area contributed by atoms with Gasteiger partial charge in [0.1, 0.15) is 0 Å². The maximum Gasteiger partial charge on any atom is 0.255 e. The average Bonchev–Trinajstić information content (AvgIpc) is 3.06. The van der Waals surface area contributed by atoms with Crippen LogP contribution in [0.5, 0.6) is 0 Å². The minimum Gasteiger partial charge on any atom is -0.322 e. The van der Waals surface area contributed by atoms with Crippen LogP contribution >= 0.6 is 0 Å². The molecule has 1 amide bonds. The van der Waals surface area contributed by atoms with Crippen molar-refractivity contribution in [3.63, 3.8) is 0 Å². The molecule has 0 spiro atoms. The maximum atomic E-state index is 12.5. The number of hydrogen-bond donors (Lipinski definition) is 1. The first-order chi connectivity index (χ1) is 20.3. The van der Waals surface area contributed by atoms with E-state index in [-0.39, 0.29) is 5.91 Å². The SMILES string of the molecule is O=C(Nc1ccc(-c2ccc(C(=C(c3ccccc3)c3ccccc3)c3ccccc3)cc2)cc1)c1ccccc1. The number of amides is 1. The molecule has 6 rings (SSSR count).